The van der Waals surface area contributed by atoms with Gasteiger partial charge in [0.2, 0.25) is 0 Å². The van der Waals surface area contributed by atoms with Crippen LogP contribution in [0.3, 0.4) is 0 Å². The van der Waals surface area contributed by atoms with Crippen LogP contribution in [-0.4, -0.2) is 41.9 Å². The maximum Gasteiger partial charge on any atom is 0.191 e. The third-order valence-electron chi connectivity index (χ3n) is 4.85. The summed E-state index contributed by atoms with van der Waals surface area (Å²) in [5.41, 5.74) is 2.29. The Morgan fingerprint density at radius 3 is 2.90 bits per heavy atom. The molecule has 7 heteroatoms. The zero-order chi connectivity index (χ0) is 20.6. The molecule has 0 saturated carbocycles. The van der Waals surface area contributed by atoms with Gasteiger partial charge in [-0.15, -0.1) is 0 Å². The summed E-state index contributed by atoms with van der Waals surface area (Å²) in [5, 5.41) is 6.74. The first-order valence-electron chi connectivity index (χ1n) is 10.3. The zero-order valence-electron chi connectivity index (χ0n) is 17.9. The van der Waals surface area contributed by atoms with Gasteiger partial charge in [0.25, 0.3) is 0 Å². The number of hydrogen-bond donors (Lipinski definition) is 2. The Morgan fingerprint density at radius 2 is 2.17 bits per heavy atom. The molecule has 2 heterocycles. The molecule has 0 amide bonds. The van der Waals surface area contributed by atoms with E-state index in [9.17, 15) is 0 Å². The Morgan fingerprint density at radius 1 is 1.34 bits per heavy atom. The van der Waals surface area contributed by atoms with Crippen LogP contribution in [0.2, 0.25) is 0 Å². The van der Waals surface area contributed by atoms with E-state index in [2.05, 4.69) is 64.1 Å². The number of benzene rings is 1. The first kappa shape index (κ1) is 21.2. The molecule has 3 rings (SSSR count). The minimum Gasteiger partial charge on any atom is -0.488 e. The summed E-state index contributed by atoms with van der Waals surface area (Å²) in [7, 11) is 1.78. The molecule has 2 N–H and O–H groups in total. The number of aliphatic imine (C=N–C) groups is 1. The maximum atomic E-state index is 6.19. The van der Waals surface area contributed by atoms with Crippen LogP contribution in [0.5, 0.6) is 5.75 Å². The molecule has 1 atom stereocenters. The minimum atomic E-state index is 0.132. The van der Waals surface area contributed by atoms with Crippen molar-refractivity contribution in [3.05, 3.63) is 47.5 Å². The lowest BCUT2D eigenvalue weighted by molar-refractivity contribution is 0.140. The van der Waals surface area contributed by atoms with E-state index >= 15 is 0 Å². The van der Waals surface area contributed by atoms with E-state index in [4.69, 9.17) is 9.47 Å². The molecule has 29 heavy (non-hydrogen) atoms. The fourth-order valence-corrected chi connectivity index (χ4v) is 3.33. The summed E-state index contributed by atoms with van der Waals surface area (Å²) in [4.78, 5) is 8.80. The van der Waals surface area contributed by atoms with Crippen LogP contribution < -0.4 is 15.4 Å². The Balaban J connectivity index is 1.57. The first-order valence-corrected chi connectivity index (χ1v) is 10.3. The smallest absolute Gasteiger partial charge is 0.191 e. The minimum absolute atomic E-state index is 0.132. The third kappa shape index (κ3) is 6.22. The van der Waals surface area contributed by atoms with Crippen molar-refractivity contribution >= 4 is 5.96 Å². The fraction of sp³-hybridized carbons (Fsp3) is 0.545. The lowest BCUT2D eigenvalue weighted by Crippen LogP contribution is -2.37. The first-order chi connectivity index (χ1) is 14.0. The van der Waals surface area contributed by atoms with Crippen molar-refractivity contribution in [2.24, 2.45) is 10.9 Å². The van der Waals surface area contributed by atoms with Gasteiger partial charge in [-0.1, -0.05) is 26.0 Å². The van der Waals surface area contributed by atoms with Gasteiger partial charge < -0.3 is 24.7 Å². The zero-order valence-corrected chi connectivity index (χ0v) is 17.9. The summed E-state index contributed by atoms with van der Waals surface area (Å²) in [6.07, 6.45) is 4.94. The molecule has 1 aromatic carbocycles. The highest BCUT2D eigenvalue weighted by Gasteiger charge is 2.19. The number of hydrogen-bond acceptors (Lipinski definition) is 4. The van der Waals surface area contributed by atoms with Gasteiger partial charge in [-0.2, -0.15) is 0 Å². The predicted octanol–water partition coefficient (Wildman–Crippen LogP) is 2.88. The molecular weight excluding hydrogens is 366 g/mol. The monoisotopic (exact) mass is 399 g/mol. The van der Waals surface area contributed by atoms with Crippen LogP contribution in [0.15, 0.2) is 35.6 Å². The van der Waals surface area contributed by atoms with Gasteiger partial charge in [-0.25, -0.2) is 4.98 Å². The molecular formula is C22H33N5O2. The van der Waals surface area contributed by atoms with Crippen molar-refractivity contribution in [3.63, 3.8) is 0 Å². The number of imidazole rings is 1. The van der Waals surface area contributed by atoms with Gasteiger partial charge in [-0.05, 0) is 24.5 Å². The molecule has 0 aliphatic carbocycles. The molecule has 7 nitrogen and oxygen atoms in total. The fourth-order valence-electron chi connectivity index (χ4n) is 3.33. The van der Waals surface area contributed by atoms with Crippen molar-refractivity contribution in [1.29, 1.82) is 0 Å². The van der Waals surface area contributed by atoms with Gasteiger partial charge >= 0.3 is 0 Å². The average Bonchev–Trinajstić information content (AvgIpc) is 3.35. The second-order valence-electron chi connectivity index (χ2n) is 7.88. The second kappa shape index (κ2) is 10.3. The second-order valence-corrected chi connectivity index (χ2v) is 7.88. The van der Waals surface area contributed by atoms with Crippen molar-refractivity contribution in [3.8, 4) is 5.75 Å². The van der Waals surface area contributed by atoms with Crippen molar-refractivity contribution < 1.29 is 9.47 Å². The topological polar surface area (TPSA) is 72.7 Å². The summed E-state index contributed by atoms with van der Waals surface area (Å²) >= 11 is 0. The van der Waals surface area contributed by atoms with E-state index in [1.807, 2.05) is 12.4 Å². The normalized spacial score (nSPS) is 17.0. The molecule has 1 aliphatic rings. The van der Waals surface area contributed by atoms with Gasteiger partial charge in [0.05, 0.1) is 19.8 Å². The number of rotatable bonds is 8. The number of aryl methyl sites for hydroxylation is 1. The summed E-state index contributed by atoms with van der Waals surface area (Å²) in [6, 6.07) is 6.30. The van der Waals surface area contributed by atoms with Crippen LogP contribution in [0.4, 0.5) is 0 Å². The van der Waals surface area contributed by atoms with Crippen molar-refractivity contribution in [2.45, 2.75) is 52.9 Å². The number of nitrogens with zero attached hydrogens (tertiary/aromatic N) is 3. The Hall–Kier alpha value is -2.54. The van der Waals surface area contributed by atoms with Crippen LogP contribution in [0.1, 0.15) is 37.2 Å². The Kier molecular flexibility index (Phi) is 7.52. The predicted molar refractivity (Wildman–Crippen MR) is 115 cm³/mol. The Bertz CT molecular complexity index is 809. The molecule has 1 saturated heterocycles. The van der Waals surface area contributed by atoms with Crippen LogP contribution in [0, 0.1) is 12.8 Å². The quantitative estimate of drug-likeness (QED) is 0.528. The SMILES string of the molecule is CN=C(NCc1ccc(C)cc1OC1CCOC1)NCc1nccn1CC(C)C. The highest BCUT2D eigenvalue weighted by Crippen LogP contribution is 2.23. The van der Waals surface area contributed by atoms with Gasteiger partial charge in [0.15, 0.2) is 5.96 Å². The molecule has 1 fully saturated rings. The van der Waals surface area contributed by atoms with Crippen molar-refractivity contribution in [2.75, 3.05) is 20.3 Å². The third-order valence-corrected chi connectivity index (χ3v) is 4.85. The Labute approximate surface area is 173 Å². The molecule has 1 aliphatic heterocycles. The lowest BCUT2D eigenvalue weighted by Gasteiger charge is -2.18. The van der Waals surface area contributed by atoms with Crippen LogP contribution in [0.25, 0.3) is 0 Å². The van der Waals surface area contributed by atoms with Crippen LogP contribution in [-0.2, 0) is 24.4 Å². The molecule has 1 aromatic heterocycles. The van der Waals surface area contributed by atoms with E-state index in [0.29, 0.717) is 25.6 Å². The summed E-state index contributed by atoms with van der Waals surface area (Å²) in [5.74, 6) is 3.23. The van der Waals surface area contributed by atoms with E-state index in [0.717, 1.165) is 42.7 Å². The van der Waals surface area contributed by atoms with E-state index in [1.54, 1.807) is 7.05 Å². The van der Waals surface area contributed by atoms with Crippen LogP contribution >= 0.6 is 0 Å². The number of ether oxygens (including phenoxy) is 2. The summed E-state index contributed by atoms with van der Waals surface area (Å²) < 4.78 is 13.8. The average molecular weight is 400 g/mol. The van der Waals surface area contributed by atoms with Gasteiger partial charge in [0.1, 0.15) is 17.7 Å². The molecule has 158 valence electrons. The number of aromatic nitrogens is 2. The molecule has 1 unspecified atom stereocenters. The standard InChI is InChI=1S/C22H33N5O2/c1-16(2)14-27-9-8-24-21(27)13-26-22(23-4)25-12-18-6-5-17(3)11-20(18)29-19-7-10-28-15-19/h5-6,8-9,11,16,19H,7,10,12-15H2,1-4H3,(H2,23,25,26). The van der Waals surface area contributed by atoms with Gasteiger partial charge in [0, 0.05) is 44.5 Å². The highest BCUT2D eigenvalue weighted by atomic mass is 16.5. The van der Waals surface area contributed by atoms with Gasteiger partial charge in [-0.3, -0.25) is 4.99 Å². The lowest BCUT2D eigenvalue weighted by atomic mass is 10.1. The molecule has 0 spiro atoms. The molecule has 2 aromatic rings. The largest absolute Gasteiger partial charge is 0.488 e. The molecule has 0 radical (unpaired) electrons. The number of guanidine groups is 1. The van der Waals surface area contributed by atoms with Crippen molar-refractivity contribution in [1.82, 2.24) is 20.2 Å². The molecule has 0 bridgehead atoms. The van der Waals surface area contributed by atoms with E-state index in [-0.39, 0.29) is 6.10 Å². The number of nitrogens with one attached hydrogen (secondary N) is 2. The van der Waals surface area contributed by atoms with E-state index in [1.165, 1.54) is 5.56 Å². The van der Waals surface area contributed by atoms with E-state index < -0.39 is 0 Å². The highest BCUT2D eigenvalue weighted by molar-refractivity contribution is 5.79. The summed E-state index contributed by atoms with van der Waals surface area (Å²) in [6.45, 7) is 10.1. The maximum absolute atomic E-state index is 6.19.